The minimum Gasteiger partial charge on any atom is -0.459 e. The van der Waals surface area contributed by atoms with E-state index in [-0.39, 0.29) is 23.6 Å². The third-order valence-corrected chi connectivity index (χ3v) is 4.41. The first-order valence-electron chi connectivity index (χ1n) is 9.32. The summed E-state index contributed by atoms with van der Waals surface area (Å²) in [5, 5.41) is 9.17. The van der Waals surface area contributed by atoms with Crippen molar-refractivity contribution in [2.45, 2.75) is 39.8 Å². The lowest BCUT2D eigenvalue weighted by Gasteiger charge is -2.26. The fraction of sp³-hybridized carbons (Fsp3) is 0.429. The van der Waals surface area contributed by atoms with Gasteiger partial charge in [-0.1, -0.05) is 45.9 Å². The van der Waals surface area contributed by atoms with E-state index in [0.717, 1.165) is 5.69 Å². The zero-order chi connectivity index (χ0) is 19.8. The predicted molar refractivity (Wildman–Crippen MR) is 107 cm³/mol. The van der Waals surface area contributed by atoms with Crippen molar-refractivity contribution in [1.82, 2.24) is 10.6 Å². The molecule has 2 atom stereocenters. The molecule has 0 fully saturated rings. The van der Waals surface area contributed by atoms with E-state index in [4.69, 9.17) is 4.42 Å². The van der Waals surface area contributed by atoms with Crippen molar-refractivity contribution in [1.29, 1.82) is 0 Å². The first-order chi connectivity index (χ1) is 12.9. The molecular weight excluding hydrogens is 342 g/mol. The van der Waals surface area contributed by atoms with Crippen molar-refractivity contribution in [2.24, 2.45) is 11.8 Å². The highest BCUT2D eigenvalue weighted by Crippen LogP contribution is 2.12. The number of anilines is 1. The summed E-state index contributed by atoms with van der Waals surface area (Å²) < 4.78 is 5.10. The van der Waals surface area contributed by atoms with E-state index in [2.05, 4.69) is 29.8 Å². The van der Waals surface area contributed by atoms with Crippen LogP contribution in [0.25, 0.3) is 0 Å². The zero-order valence-electron chi connectivity index (χ0n) is 16.4. The Morgan fingerprint density at radius 3 is 2.22 bits per heavy atom. The number of benzene rings is 1. The Kier molecular flexibility index (Phi) is 7.46. The molecule has 0 saturated carbocycles. The number of para-hydroxylation sites is 1. The van der Waals surface area contributed by atoms with Gasteiger partial charge in [0.25, 0.3) is 5.91 Å². The molecule has 6 heteroatoms. The largest absolute Gasteiger partial charge is 0.459 e. The Morgan fingerprint density at radius 1 is 0.963 bits per heavy atom. The van der Waals surface area contributed by atoms with E-state index in [9.17, 15) is 9.59 Å². The smallest absolute Gasteiger partial charge is 0.287 e. The molecule has 27 heavy (non-hydrogen) atoms. The lowest BCUT2D eigenvalue weighted by atomic mass is 10.0. The number of hydrogen-bond donors (Lipinski definition) is 3. The molecule has 1 heterocycles. The lowest BCUT2D eigenvalue weighted by molar-refractivity contribution is -0.124. The van der Waals surface area contributed by atoms with E-state index in [1.165, 1.54) is 6.26 Å². The summed E-state index contributed by atoms with van der Waals surface area (Å²) in [6.07, 6.45) is 1.43. The third-order valence-electron chi connectivity index (χ3n) is 4.41. The van der Waals surface area contributed by atoms with Gasteiger partial charge in [-0.15, -0.1) is 0 Å². The van der Waals surface area contributed by atoms with Crippen LogP contribution in [0.1, 0.15) is 38.2 Å². The molecule has 0 radical (unpaired) electrons. The summed E-state index contributed by atoms with van der Waals surface area (Å²) >= 11 is 0. The maximum atomic E-state index is 12.7. The highest BCUT2D eigenvalue weighted by atomic mass is 16.3. The van der Waals surface area contributed by atoms with E-state index >= 15 is 0 Å². The summed E-state index contributed by atoms with van der Waals surface area (Å²) in [5.74, 6) is -0.134. The average molecular weight is 371 g/mol. The quantitative estimate of drug-likeness (QED) is 0.632. The van der Waals surface area contributed by atoms with Crippen LogP contribution in [0.3, 0.4) is 0 Å². The van der Waals surface area contributed by atoms with E-state index < -0.39 is 11.9 Å². The lowest BCUT2D eigenvalue weighted by Crippen LogP contribution is -2.52. The molecule has 0 aliphatic heterocycles. The van der Waals surface area contributed by atoms with Gasteiger partial charge in [-0.05, 0) is 36.1 Å². The number of nitrogens with one attached hydrogen (secondary N) is 3. The number of amides is 2. The van der Waals surface area contributed by atoms with Crippen molar-refractivity contribution in [3.63, 3.8) is 0 Å². The molecule has 0 spiro atoms. The minimum atomic E-state index is -0.632. The molecular formula is C21H29N3O3. The Labute approximate surface area is 160 Å². The second kappa shape index (κ2) is 9.80. The molecule has 146 valence electrons. The third kappa shape index (κ3) is 6.16. The number of rotatable bonds is 9. The fourth-order valence-corrected chi connectivity index (χ4v) is 2.68. The maximum absolute atomic E-state index is 12.7. The Balaban J connectivity index is 1.95. The number of furan rings is 1. The van der Waals surface area contributed by atoms with Crippen LogP contribution in [0, 0.1) is 11.8 Å². The topological polar surface area (TPSA) is 83.4 Å². The van der Waals surface area contributed by atoms with Gasteiger partial charge in [0.2, 0.25) is 5.91 Å². The number of carbonyl (C=O) groups excluding carboxylic acids is 2. The van der Waals surface area contributed by atoms with Crippen LogP contribution in [0.2, 0.25) is 0 Å². The van der Waals surface area contributed by atoms with E-state index in [1.54, 1.807) is 12.1 Å². The summed E-state index contributed by atoms with van der Waals surface area (Å²) in [6, 6.07) is 12.6. The van der Waals surface area contributed by atoms with Crippen molar-refractivity contribution in [2.75, 3.05) is 11.9 Å². The van der Waals surface area contributed by atoms with Gasteiger partial charge in [0, 0.05) is 18.3 Å². The van der Waals surface area contributed by atoms with Crippen molar-refractivity contribution in [3.05, 3.63) is 54.5 Å². The monoisotopic (exact) mass is 371 g/mol. The van der Waals surface area contributed by atoms with Gasteiger partial charge >= 0.3 is 0 Å². The molecule has 1 aromatic heterocycles. The average Bonchev–Trinajstić information content (AvgIpc) is 3.18. The Morgan fingerprint density at radius 2 is 1.67 bits per heavy atom. The second-order valence-electron chi connectivity index (χ2n) is 7.28. The molecule has 2 rings (SSSR count). The predicted octanol–water partition coefficient (Wildman–Crippen LogP) is 3.29. The first kappa shape index (κ1) is 20.6. The van der Waals surface area contributed by atoms with Crippen LogP contribution < -0.4 is 16.0 Å². The summed E-state index contributed by atoms with van der Waals surface area (Å²) in [7, 11) is 0. The fourth-order valence-electron chi connectivity index (χ4n) is 2.68. The molecule has 0 bridgehead atoms. The van der Waals surface area contributed by atoms with Crippen LogP contribution >= 0.6 is 0 Å². The van der Waals surface area contributed by atoms with E-state index in [0.29, 0.717) is 12.5 Å². The van der Waals surface area contributed by atoms with Crippen molar-refractivity contribution >= 4 is 17.5 Å². The molecule has 3 N–H and O–H groups in total. The van der Waals surface area contributed by atoms with E-state index in [1.807, 2.05) is 44.2 Å². The van der Waals surface area contributed by atoms with Crippen molar-refractivity contribution < 1.29 is 14.0 Å². The number of hydrogen-bond acceptors (Lipinski definition) is 4. The molecule has 0 aliphatic rings. The number of carbonyl (C=O) groups is 2. The van der Waals surface area contributed by atoms with Gasteiger partial charge in [-0.25, -0.2) is 0 Å². The summed E-state index contributed by atoms with van der Waals surface area (Å²) in [5.41, 5.74) is 1.01. The maximum Gasteiger partial charge on any atom is 0.287 e. The molecule has 0 saturated heterocycles. The standard InChI is InChI=1S/C21H29N3O3/c1-14(2)17(23-16-9-6-5-7-10-16)13-22-21(26)19(15(3)4)24-20(25)18-11-8-12-27-18/h5-12,14-15,17,19,23H,13H2,1-4H3,(H,22,26)(H,24,25). The van der Waals surface area contributed by atoms with Crippen LogP contribution in [-0.2, 0) is 4.79 Å². The Bertz CT molecular complexity index is 712. The normalized spacial score (nSPS) is 13.3. The van der Waals surface area contributed by atoms with Crippen LogP contribution in [0.5, 0.6) is 0 Å². The molecule has 2 aromatic rings. The Hall–Kier alpha value is -2.76. The van der Waals surface area contributed by atoms with Gasteiger partial charge in [-0.2, -0.15) is 0 Å². The molecule has 1 aromatic carbocycles. The van der Waals surface area contributed by atoms with Gasteiger partial charge in [0.15, 0.2) is 5.76 Å². The SMILES string of the molecule is CC(C)C(CNC(=O)C(NC(=O)c1ccco1)C(C)C)Nc1ccccc1. The van der Waals surface area contributed by atoms with Gasteiger partial charge in [0.1, 0.15) is 6.04 Å². The summed E-state index contributed by atoms with van der Waals surface area (Å²) in [4.78, 5) is 24.9. The molecule has 0 aliphatic carbocycles. The van der Waals surface area contributed by atoms with Crippen LogP contribution in [0.4, 0.5) is 5.69 Å². The molecule has 2 amide bonds. The highest BCUT2D eigenvalue weighted by Gasteiger charge is 2.26. The zero-order valence-corrected chi connectivity index (χ0v) is 16.4. The molecule has 2 unspecified atom stereocenters. The van der Waals surface area contributed by atoms with Crippen LogP contribution in [-0.4, -0.2) is 30.4 Å². The molecule has 6 nitrogen and oxygen atoms in total. The van der Waals surface area contributed by atoms with Gasteiger partial charge in [-0.3, -0.25) is 9.59 Å². The van der Waals surface area contributed by atoms with Crippen molar-refractivity contribution in [3.8, 4) is 0 Å². The van der Waals surface area contributed by atoms with Gasteiger partial charge < -0.3 is 20.4 Å². The summed E-state index contributed by atoms with van der Waals surface area (Å²) in [6.45, 7) is 8.46. The van der Waals surface area contributed by atoms with Crippen LogP contribution in [0.15, 0.2) is 53.1 Å². The minimum absolute atomic E-state index is 0.0523. The second-order valence-corrected chi connectivity index (χ2v) is 7.28. The van der Waals surface area contributed by atoms with Gasteiger partial charge in [0.05, 0.1) is 6.26 Å². The highest BCUT2D eigenvalue weighted by molar-refractivity contribution is 5.95. The first-order valence-corrected chi connectivity index (χ1v) is 9.32.